The van der Waals surface area contributed by atoms with Crippen LogP contribution in [-0.2, 0) is 6.61 Å². The highest BCUT2D eigenvalue weighted by Gasteiger charge is 2.21. The summed E-state index contributed by atoms with van der Waals surface area (Å²) in [7, 11) is 0. The molecule has 1 atom stereocenters. The van der Waals surface area contributed by atoms with Gasteiger partial charge in [-0.1, -0.05) is 30.3 Å². The molecule has 188 valence electrons. The number of nitrogens with zero attached hydrogens (tertiary/aromatic N) is 5. The van der Waals surface area contributed by atoms with Gasteiger partial charge in [0.05, 0.1) is 41.3 Å². The van der Waals surface area contributed by atoms with Crippen LogP contribution in [0, 0.1) is 0 Å². The van der Waals surface area contributed by atoms with Crippen molar-refractivity contribution >= 4 is 23.0 Å². The van der Waals surface area contributed by atoms with Crippen LogP contribution in [0.15, 0.2) is 73.3 Å². The van der Waals surface area contributed by atoms with E-state index in [1.807, 2.05) is 36.4 Å². The third-order valence-electron chi connectivity index (χ3n) is 6.09. The van der Waals surface area contributed by atoms with Crippen LogP contribution in [0.1, 0.15) is 28.9 Å². The Morgan fingerprint density at radius 2 is 1.89 bits per heavy atom. The summed E-state index contributed by atoms with van der Waals surface area (Å²) in [5.41, 5.74) is 16.0. The van der Waals surface area contributed by atoms with Crippen LogP contribution in [0.3, 0.4) is 0 Å². The zero-order valence-corrected chi connectivity index (χ0v) is 20.2. The molecule has 0 saturated carbocycles. The van der Waals surface area contributed by atoms with Gasteiger partial charge in [-0.15, -0.1) is 0 Å². The molecule has 1 aliphatic rings. The number of nitrogens with two attached hydrogens (primary N) is 2. The van der Waals surface area contributed by atoms with Gasteiger partial charge in [-0.3, -0.25) is 14.8 Å². The Hall–Kier alpha value is -4.57. The number of rotatable bonds is 7. The van der Waals surface area contributed by atoms with E-state index in [2.05, 4.69) is 30.2 Å². The average molecular weight is 497 g/mol. The predicted molar refractivity (Wildman–Crippen MR) is 142 cm³/mol. The number of benzene rings is 1. The van der Waals surface area contributed by atoms with Crippen molar-refractivity contribution in [1.29, 1.82) is 0 Å². The van der Waals surface area contributed by atoms with E-state index in [0.29, 0.717) is 36.1 Å². The first kappa shape index (κ1) is 24.1. The number of carbonyl (C=O) groups excluding carboxylic acids is 1. The van der Waals surface area contributed by atoms with Crippen molar-refractivity contribution in [3.63, 3.8) is 0 Å². The fourth-order valence-electron chi connectivity index (χ4n) is 4.24. The third kappa shape index (κ3) is 5.81. The molecule has 5 N–H and O–H groups in total. The molecule has 4 heterocycles. The zero-order chi connectivity index (χ0) is 25.6. The van der Waals surface area contributed by atoms with E-state index in [1.165, 1.54) is 6.20 Å². The fraction of sp³-hybridized carbons (Fsp3) is 0.222. The van der Waals surface area contributed by atoms with Crippen molar-refractivity contribution in [3.05, 3.63) is 84.6 Å². The molecular formula is C27H28N8O2. The van der Waals surface area contributed by atoms with Gasteiger partial charge in [0.15, 0.2) is 5.69 Å². The summed E-state index contributed by atoms with van der Waals surface area (Å²) in [4.78, 5) is 32.8. The summed E-state index contributed by atoms with van der Waals surface area (Å²) in [6, 6.07) is 15.1. The quantitative estimate of drug-likeness (QED) is 0.351. The van der Waals surface area contributed by atoms with Gasteiger partial charge in [-0.2, -0.15) is 0 Å². The highest BCUT2D eigenvalue weighted by Crippen LogP contribution is 2.28. The van der Waals surface area contributed by atoms with Crippen molar-refractivity contribution in [3.8, 4) is 17.3 Å². The minimum atomic E-state index is -0.445. The van der Waals surface area contributed by atoms with Crippen molar-refractivity contribution in [2.75, 3.05) is 29.0 Å². The number of hydrogen-bond acceptors (Lipinski definition) is 9. The lowest BCUT2D eigenvalue weighted by atomic mass is 10.1. The summed E-state index contributed by atoms with van der Waals surface area (Å²) in [5.74, 6) is -0.0925. The molecule has 0 spiro atoms. The predicted octanol–water partition coefficient (Wildman–Crippen LogP) is 3.27. The number of nitrogens with one attached hydrogen (secondary N) is 1. The lowest BCUT2D eigenvalue weighted by molar-refractivity contribution is 0.102. The molecule has 1 unspecified atom stereocenters. The maximum Gasteiger partial charge on any atom is 0.276 e. The second kappa shape index (κ2) is 11.0. The van der Waals surface area contributed by atoms with Crippen LogP contribution in [0.2, 0.25) is 0 Å². The number of amides is 1. The molecule has 1 fully saturated rings. The molecule has 4 aromatic rings. The highest BCUT2D eigenvalue weighted by molar-refractivity contribution is 6.07. The van der Waals surface area contributed by atoms with E-state index in [9.17, 15) is 4.79 Å². The molecule has 1 amide bonds. The molecule has 1 saturated heterocycles. The number of piperidine rings is 1. The van der Waals surface area contributed by atoms with Crippen LogP contribution in [0.4, 0.5) is 17.1 Å². The fourth-order valence-corrected chi connectivity index (χ4v) is 4.24. The van der Waals surface area contributed by atoms with Gasteiger partial charge < -0.3 is 26.4 Å². The van der Waals surface area contributed by atoms with Crippen molar-refractivity contribution in [2.24, 2.45) is 5.73 Å². The third-order valence-corrected chi connectivity index (χ3v) is 6.09. The van der Waals surface area contributed by atoms with Gasteiger partial charge in [-0.05, 0) is 36.6 Å². The molecular weight excluding hydrogens is 468 g/mol. The van der Waals surface area contributed by atoms with E-state index < -0.39 is 5.91 Å². The number of aromatic nitrogens is 4. The van der Waals surface area contributed by atoms with Crippen molar-refractivity contribution in [1.82, 2.24) is 19.9 Å². The van der Waals surface area contributed by atoms with E-state index in [0.717, 1.165) is 30.6 Å². The number of hydrogen-bond donors (Lipinski definition) is 3. The molecule has 10 nitrogen and oxygen atoms in total. The van der Waals surface area contributed by atoms with Crippen LogP contribution < -0.4 is 26.4 Å². The maximum atomic E-state index is 13.3. The Balaban J connectivity index is 1.35. The monoisotopic (exact) mass is 496 g/mol. The van der Waals surface area contributed by atoms with Gasteiger partial charge >= 0.3 is 0 Å². The van der Waals surface area contributed by atoms with Crippen LogP contribution >= 0.6 is 0 Å². The van der Waals surface area contributed by atoms with Gasteiger partial charge in [-0.25, -0.2) is 9.97 Å². The molecule has 37 heavy (non-hydrogen) atoms. The second-order valence-electron chi connectivity index (χ2n) is 8.85. The Labute approximate surface area is 214 Å². The van der Waals surface area contributed by atoms with Crippen molar-refractivity contribution in [2.45, 2.75) is 25.5 Å². The first-order valence-electron chi connectivity index (χ1n) is 12.1. The Kier molecular flexibility index (Phi) is 7.18. The first-order valence-corrected chi connectivity index (χ1v) is 12.1. The Morgan fingerprint density at radius 3 is 2.73 bits per heavy atom. The molecule has 10 heteroatoms. The lowest BCUT2D eigenvalue weighted by Gasteiger charge is -2.33. The number of pyridine rings is 2. The number of ether oxygens (including phenoxy) is 1. The topological polar surface area (TPSA) is 145 Å². The van der Waals surface area contributed by atoms with E-state index in [4.69, 9.17) is 16.2 Å². The minimum absolute atomic E-state index is 0.0834. The summed E-state index contributed by atoms with van der Waals surface area (Å²) in [5, 5.41) is 2.92. The largest absolute Gasteiger partial charge is 0.472 e. The highest BCUT2D eigenvalue weighted by atomic mass is 16.5. The summed E-state index contributed by atoms with van der Waals surface area (Å²) in [6.07, 6.45) is 8.39. The molecule has 0 bridgehead atoms. The van der Waals surface area contributed by atoms with Crippen LogP contribution in [0.5, 0.6) is 5.88 Å². The van der Waals surface area contributed by atoms with Gasteiger partial charge in [0.1, 0.15) is 12.3 Å². The number of anilines is 3. The average Bonchev–Trinajstić information content (AvgIpc) is 2.93. The van der Waals surface area contributed by atoms with Crippen LogP contribution in [-0.4, -0.2) is 45.0 Å². The molecule has 1 aromatic carbocycles. The van der Waals surface area contributed by atoms with Crippen molar-refractivity contribution < 1.29 is 9.53 Å². The molecule has 1 aliphatic heterocycles. The smallest absolute Gasteiger partial charge is 0.276 e. The van der Waals surface area contributed by atoms with Gasteiger partial charge in [0, 0.05) is 25.3 Å². The number of nitrogen functional groups attached to an aromatic ring is 1. The molecule has 0 radical (unpaired) electrons. The van der Waals surface area contributed by atoms with Gasteiger partial charge in [0.2, 0.25) is 5.88 Å². The summed E-state index contributed by atoms with van der Waals surface area (Å²) >= 11 is 0. The van der Waals surface area contributed by atoms with E-state index in [1.54, 1.807) is 30.7 Å². The minimum Gasteiger partial charge on any atom is -0.472 e. The molecule has 0 aliphatic carbocycles. The standard InChI is InChI=1S/C27H28N8O2/c28-19-7-4-12-35(16-19)24-10-11-30-14-23(24)34-27(36)26-20(29)8-9-21(33-26)22-13-31-15-25(32-22)37-17-18-5-2-1-3-6-18/h1-3,5-6,8-11,13-15,19H,4,7,12,16-17,28-29H2,(H,34,36). The first-order chi connectivity index (χ1) is 18.1. The second-order valence-corrected chi connectivity index (χ2v) is 8.85. The summed E-state index contributed by atoms with van der Waals surface area (Å²) in [6.45, 7) is 1.93. The SMILES string of the molecule is Nc1ccc(-c2cncc(OCc3ccccc3)n2)nc1C(=O)Nc1cnccc1N1CCCC(N)C1. The Morgan fingerprint density at radius 1 is 1.03 bits per heavy atom. The van der Waals surface area contributed by atoms with Gasteiger partial charge in [0.25, 0.3) is 5.91 Å². The normalized spacial score (nSPS) is 15.3. The maximum absolute atomic E-state index is 13.3. The lowest BCUT2D eigenvalue weighted by Crippen LogP contribution is -2.43. The number of carbonyl (C=O) groups is 1. The van der Waals surface area contributed by atoms with Crippen LogP contribution in [0.25, 0.3) is 11.4 Å². The van der Waals surface area contributed by atoms with E-state index in [-0.39, 0.29) is 17.4 Å². The molecule has 3 aromatic heterocycles. The summed E-state index contributed by atoms with van der Waals surface area (Å²) < 4.78 is 5.79. The Bertz CT molecular complexity index is 1380. The van der Waals surface area contributed by atoms with E-state index >= 15 is 0 Å². The molecule has 5 rings (SSSR count). The zero-order valence-electron chi connectivity index (χ0n) is 20.2.